The number of nitrogens with zero attached hydrogens (tertiary/aromatic N) is 1. The van der Waals surface area contributed by atoms with Crippen molar-refractivity contribution >= 4 is 5.97 Å². The van der Waals surface area contributed by atoms with Crippen LogP contribution in [0.4, 0.5) is 0 Å². The number of ether oxygens (including phenoxy) is 1. The van der Waals surface area contributed by atoms with Crippen LogP contribution in [-0.4, -0.2) is 48.7 Å². The zero-order valence-corrected chi connectivity index (χ0v) is 13.7. The van der Waals surface area contributed by atoms with Crippen LogP contribution < -0.4 is 5.32 Å². The van der Waals surface area contributed by atoms with Gasteiger partial charge >= 0.3 is 5.97 Å². The van der Waals surface area contributed by atoms with Crippen LogP contribution in [-0.2, 0) is 11.3 Å². The molecular weight excluding hydrogens is 280 g/mol. The summed E-state index contributed by atoms with van der Waals surface area (Å²) in [6, 6.07) is 3.63. The van der Waals surface area contributed by atoms with Gasteiger partial charge in [-0.3, -0.25) is 4.90 Å². The van der Waals surface area contributed by atoms with Crippen molar-refractivity contribution in [3.05, 3.63) is 34.4 Å². The molecule has 0 spiro atoms. The fourth-order valence-electron chi connectivity index (χ4n) is 2.97. The highest BCUT2D eigenvalue weighted by molar-refractivity contribution is 5.93. The molecule has 0 amide bonds. The standard InChI is InChI=1S/C15H20N2O3.C2H6/c1-10-11(2-3-12-13(10)9-20-15(12)19)14(18)8-17-6-4-16-5-7-17;1-2/h2-3,14,16,18H,4-9H2,1H3;1-2H3. The molecule has 22 heavy (non-hydrogen) atoms. The molecule has 1 fully saturated rings. The molecule has 1 aromatic rings. The van der Waals surface area contributed by atoms with E-state index in [9.17, 15) is 9.90 Å². The molecule has 1 unspecified atom stereocenters. The number of hydrogen-bond acceptors (Lipinski definition) is 5. The van der Waals surface area contributed by atoms with E-state index in [-0.39, 0.29) is 5.97 Å². The van der Waals surface area contributed by atoms with Crippen LogP contribution >= 0.6 is 0 Å². The van der Waals surface area contributed by atoms with Crippen molar-refractivity contribution in [3.63, 3.8) is 0 Å². The fraction of sp³-hybridized carbons (Fsp3) is 0.588. The van der Waals surface area contributed by atoms with Crippen molar-refractivity contribution < 1.29 is 14.6 Å². The number of esters is 1. The van der Waals surface area contributed by atoms with Crippen LogP contribution in [0.1, 0.15) is 47.0 Å². The van der Waals surface area contributed by atoms with E-state index >= 15 is 0 Å². The summed E-state index contributed by atoms with van der Waals surface area (Å²) < 4.78 is 5.05. The number of rotatable bonds is 3. The first kappa shape index (κ1) is 16.9. The van der Waals surface area contributed by atoms with E-state index in [0.717, 1.165) is 42.9 Å². The number of piperazine rings is 1. The van der Waals surface area contributed by atoms with E-state index in [4.69, 9.17) is 4.74 Å². The van der Waals surface area contributed by atoms with E-state index in [1.54, 1.807) is 6.07 Å². The second kappa shape index (κ2) is 7.72. The molecule has 2 N–H and O–H groups in total. The molecule has 122 valence electrons. The first-order valence-electron chi connectivity index (χ1n) is 8.07. The van der Waals surface area contributed by atoms with Crippen molar-refractivity contribution in [2.45, 2.75) is 33.5 Å². The molecule has 0 radical (unpaired) electrons. The van der Waals surface area contributed by atoms with Gasteiger partial charge in [-0.2, -0.15) is 0 Å². The van der Waals surface area contributed by atoms with Gasteiger partial charge in [0, 0.05) is 38.3 Å². The number of carbonyl (C=O) groups is 1. The Morgan fingerprint density at radius 1 is 1.32 bits per heavy atom. The Hall–Kier alpha value is -1.43. The van der Waals surface area contributed by atoms with Crippen LogP contribution in [0.5, 0.6) is 0 Å². The number of aliphatic hydroxyl groups excluding tert-OH is 1. The van der Waals surface area contributed by atoms with Gasteiger partial charge in [0.05, 0.1) is 11.7 Å². The zero-order valence-electron chi connectivity index (χ0n) is 13.7. The van der Waals surface area contributed by atoms with Gasteiger partial charge < -0.3 is 15.2 Å². The molecule has 2 aliphatic heterocycles. The Labute approximate surface area is 132 Å². The van der Waals surface area contributed by atoms with Crippen molar-refractivity contribution in [2.75, 3.05) is 32.7 Å². The smallest absolute Gasteiger partial charge is 0.338 e. The van der Waals surface area contributed by atoms with E-state index in [1.165, 1.54) is 0 Å². The lowest BCUT2D eigenvalue weighted by molar-refractivity contribution is 0.0535. The monoisotopic (exact) mass is 306 g/mol. The van der Waals surface area contributed by atoms with Gasteiger partial charge in [0.25, 0.3) is 0 Å². The lowest BCUT2D eigenvalue weighted by atomic mass is 9.95. The number of carbonyl (C=O) groups excluding carboxylic acids is 1. The van der Waals surface area contributed by atoms with Crippen LogP contribution in [0.3, 0.4) is 0 Å². The van der Waals surface area contributed by atoms with Crippen molar-refractivity contribution in [2.24, 2.45) is 0 Å². The summed E-state index contributed by atoms with van der Waals surface area (Å²) in [5.74, 6) is -0.258. The summed E-state index contributed by atoms with van der Waals surface area (Å²) in [6.07, 6.45) is -0.519. The molecule has 1 saturated heterocycles. The third-order valence-corrected chi connectivity index (χ3v) is 4.21. The molecule has 5 heteroatoms. The number of hydrogen-bond donors (Lipinski definition) is 2. The van der Waals surface area contributed by atoms with Crippen molar-refractivity contribution in [3.8, 4) is 0 Å². The number of nitrogens with one attached hydrogen (secondary N) is 1. The number of fused-ring (bicyclic) bond motifs is 1. The summed E-state index contributed by atoms with van der Waals surface area (Å²) in [5.41, 5.74) is 3.45. The lowest BCUT2D eigenvalue weighted by Gasteiger charge is -2.29. The molecule has 2 aliphatic rings. The van der Waals surface area contributed by atoms with Crippen molar-refractivity contribution in [1.82, 2.24) is 10.2 Å². The second-order valence-electron chi connectivity index (χ2n) is 5.45. The van der Waals surface area contributed by atoms with E-state index in [2.05, 4.69) is 10.2 Å². The highest BCUT2D eigenvalue weighted by Gasteiger charge is 2.26. The molecule has 5 nitrogen and oxygen atoms in total. The first-order chi connectivity index (χ1) is 10.7. The molecule has 0 saturated carbocycles. The van der Waals surface area contributed by atoms with Crippen LogP contribution in [0.2, 0.25) is 0 Å². The highest BCUT2D eigenvalue weighted by Crippen LogP contribution is 2.29. The molecule has 0 aromatic heterocycles. The Morgan fingerprint density at radius 2 is 2.00 bits per heavy atom. The predicted molar refractivity (Wildman–Crippen MR) is 85.9 cm³/mol. The summed E-state index contributed by atoms with van der Waals surface area (Å²) >= 11 is 0. The molecule has 3 rings (SSSR count). The summed E-state index contributed by atoms with van der Waals surface area (Å²) in [5, 5.41) is 13.8. The number of aliphatic hydroxyl groups is 1. The summed E-state index contributed by atoms with van der Waals surface area (Å²) in [4.78, 5) is 13.8. The Bertz CT molecular complexity index is 525. The maximum absolute atomic E-state index is 11.5. The molecule has 1 atom stereocenters. The van der Waals surface area contributed by atoms with Crippen LogP contribution in [0.15, 0.2) is 12.1 Å². The predicted octanol–water partition coefficient (Wildman–Crippen LogP) is 1.63. The minimum absolute atomic E-state index is 0.258. The van der Waals surface area contributed by atoms with Gasteiger partial charge in [-0.05, 0) is 24.1 Å². The third kappa shape index (κ3) is 3.48. The largest absolute Gasteiger partial charge is 0.457 e. The van der Waals surface area contributed by atoms with Crippen LogP contribution in [0, 0.1) is 6.92 Å². The minimum Gasteiger partial charge on any atom is -0.457 e. The summed E-state index contributed by atoms with van der Waals surface area (Å²) in [6.45, 7) is 10.8. The average Bonchev–Trinajstić information content (AvgIpc) is 2.93. The lowest BCUT2D eigenvalue weighted by Crippen LogP contribution is -2.45. The summed E-state index contributed by atoms with van der Waals surface area (Å²) in [7, 11) is 0. The Morgan fingerprint density at radius 3 is 2.68 bits per heavy atom. The van der Waals surface area contributed by atoms with Crippen molar-refractivity contribution in [1.29, 1.82) is 0 Å². The fourth-order valence-corrected chi connectivity index (χ4v) is 2.97. The number of benzene rings is 1. The first-order valence-corrected chi connectivity index (χ1v) is 8.07. The van der Waals surface area contributed by atoms with E-state index in [0.29, 0.717) is 18.7 Å². The Balaban J connectivity index is 0.000000847. The zero-order chi connectivity index (χ0) is 16.1. The Kier molecular flexibility index (Phi) is 5.94. The maximum atomic E-state index is 11.5. The molecule has 0 bridgehead atoms. The van der Waals surface area contributed by atoms with E-state index < -0.39 is 6.10 Å². The van der Waals surface area contributed by atoms with Gasteiger partial charge in [-0.1, -0.05) is 19.9 Å². The number of cyclic esters (lactones) is 1. The molecule has 0 aliphatic carbocycles. The highest BCUT2D eigenvalue weighted by atomic mass is 16.5. The quantitative estimate of drug-likeness (QED) is 0.831. The minimum atomic E-state index is -0.519. The average molecular weight is 306 g/mol. The van der Waals surface area contributed by atoms with Gasteiger partial charge in [0.2, 0.25) is 0 Å². The topological polar surface area (TPSA) is 61.8 Å². The van der Waals surface area contributed by atoms with E-state index in [1.807, 2.05) is 26.8 Å². The maximum Gasteiger partial charge on any atom is 0.338 e. The normalized spacial score (nSPS) is 19.0. The molecule has 1 aromatic carbocycles. The van der Waals surface area contributed by atoms with Gasteiger partial charge in [0.1, 0.15) is 6.61 Å². The van der Waals surface area contributed by atoms with Gasteiger partial charge in [-0.15, -0.1) is 0 Å². The molecular formula is C17H26N2O3. The van der Waals surface area contributed by atoms with Gasteiger partial charge in [0.15, 0.2) is 0 Å². The number of β-amino-alcohol motifs (C(OH)–C–C–N with tert-alkyl or cyclic N) is 1. The SMILES string of the molecule is CC.Cc1c(C(O)CN2CCNCC2)ccc2c1COC2=O. The third-order valence-electron chi connectivity index (χ3n) is 4.21. The van der Waals surface area contributed by atoms with Crippen LogP contribution in [0.25, 0.3) is 0 Å². The second-order valence-corrected chi connectivity index (χ2v) is 5.45. The molecule has 2 heterocycles. The van der Waals surface area contributed by atoms with Gasteiger partial charge in [-0.25, -0.2) is 4.79 Å².